The molecule has 4 rings (SSSR count). The van der Waals surface area contributed by atoms with E-state index in [1.165, 1.54) is 0 Å². The molecular weight excluding hydrogens is 366 g/mol. The monoisotopic (exact) mass is 387 g/mol. The van der Waals surface area contributed by atoms with E-state index in [-0.39, 0.29) is 11.5 Å². The van der Waals surface area contributed by atoms with Crippen LogP contribution in [0.5, 0.6) is 5.75 Å². The molecule has 5 N–H and O–H groups in total. The summed E-state index contributed by atoms with van der Waals surface area (Å²) in [5, 5.41) is 43.8. The van der Waals surface area contributed by atoms with Crippen molar-refractivity contribution in [2.45, 2.75) is 30.2 Å². The first kappa shape index (κ1) is 18.9. The number of benzene rings is 2. The molecule has 5 atom stereocenters. The molecule has 1 amide bonds. The van der Waals surface area contributed by atoms with E-state index in [0.29, 0.717) is 16.9 Å². The van der Waals surface area contributed by atoms with Gasteiger partial charge in [0, 0.05) is 18.2 Å². The molecule has 2 aliphatic heterocycles. The standard InChI is InChI=1S/C20H21NO7/c1-21-18(25)12-4-2-3-10(7-12)11-5-6-14-13(8-11)20(26)17(24)16(23)15(9-22)28-19(20)27-14/h2-8,15-17,19,22-24,26H,9H2,1H3,(H,21,25)/t15-,16-,17+,19+,20+/m1/s1. The molecule has 148 valence electrons. The lowest BCUT2D eigenvalue weighted by atomic mass is 9.81. The van der Waals surface area contributed by atoms with Crippen LogP contribution in [0.25, 0.3) is 11.1 Å². The highest BCUT2D eigenvalue weighted by Crippen LogP contribution is 2.49. The number of rotatable bonds is 3. The van der Waals surface area contributed by atoms with Crippen LogP contribution < -0.4 is 10.1 Å². The predicted molar refractivity (Wildman–Crippen MR) is 97.6 cm³/mol. The largest absolute Gasteiger partial charge is 0.461 e. The van der Waals surface area contributed by atoms with Crippen LogP contribution in [0.15, 0.2) is 42.5 Å². The van der Waals surface area contributed by atoms with Gasteiger partial charge in [0.05, 0.1) is 6.61 Å². The highest BCUT2D eigenvalue weighted by Gasteiger charge is 2.61. The molecule has 0 aliphatic carbocycles. The molecule has 2 aromatic rings. The van der Waals surface area contributed by atoms with Gasteiger partial charge in [0.1, 0.15) is 24.1 Å². The second-order valence-corrected chi connectivity index (χ2v) is 6.94. The maximum Gasteiger partial charge on any atom is 0.251 e. The van der Waals surface area contributed by atoms with Gasteiger partial charge in [-0.25, -0.2) is 0 Å². The Morgan fingerprint density at radius 2 is 1.93 bits per heavy atom. The van der Waals surface area contributed by atoms with Gasteiger partial charge in [0.25, 0.3) is 5.91 Å². The lowest BCUT2D eigenvalue weighted by molar-refractivity contribution is -0.314. The maximum atomic E-state index is 11.9. The Hall–Kier alpha value is -2.49. The minimum Gasteiger partial charge on any atom is -0.461 e. The van der Waals surface area contributed by atoms with Gasteiger partial charge in [0.2, 0.25) is 6.29 Å². The van der Waals surface area contributed by atoms with Crippen LogP contribution in [0.4, 0.5) is 0 Å². The normalized spacial score (nSPS) is 30.9. The van der Waals surface area contributed by atoms with Gasteiger partial charge in [-0.3, -0.25) is 4.79 Å². The average molecular weight is 387 g/mol. The number of amides is 1. The van der Waals surface area contributed by atoms with E-state index in [0.717, 1.165) is 5.56 Å². The zero-order valence-electron chi connectivity index (χ0n) is 15.1. The van der Waals surface area contributed by atoms with Crippen molar-refractivity contribution in [2.75, 3.05) is 13.7 Å². The molecule has 0 unspecified atom stereocenters. The van der Waals surface area contributed by atoms with Crippen LogP contribution in [-0.2, 0) is 10.3 Å². The molecule has 8 heteroatoms. The number of ether oxygens (including phenoxy) is 2. The Bertz CT molecular complexity index is 913. The summed E-state index contributed by atoms with van der Waals surface area (Å²) in [6.07, 6.45) is -5.43. The smallest absolute Gasteiger partial charge is 0.251 e. The molecule has 2 aromatic carbocycles. The van der Waals surface area contributed by atoms with E-state index in [9.17, 15) is 25.2 Å². The third kappa shape index (κ3) is 2.69. The van der Waals surface area contributed by atoms with Crippen LogP contribution >= 0.6 is 0 Å². The number of aliphatic hydroxyl groups excluding tert-OH is 3. The Morgan fingerprint density at radius 3 is 2.64 bits per heavy atom. The van der Waals surface area contributed by atoms with Crippen LogP contribution in [0.2, 0.25) is 0 Å². The number of fused-ring (bicyclic) bond motifs is 3. The summed E-state index contributed by atoms with van der Waals surface area (Å²) >= 11 is 0. The minimum atomic E-state index is -1.99. The van der Waals surface area contributed by atoms with Crippen LogP contribution in [0.1, 0.15) is 15.9 Å². The third-order valence-electron chi connectivity index (χ3n) is 5.32. The fourth-order valence-corrected chi connectivity index (χ4v) is 3.73. The van der Waals surface area contributed by atoms with Crippen LogP contribution in [0, 0.1) is 0 Å². The van der Waals surface area contributed by atoms with Crippen molar-refractivity contribution in [3.05, 3.63) is 53.6 Å². The fraction of sp³-hybridized carbons (Fsp3) is 0.350. The van der Waals surface area contributed by atoms with Crippen molar-refractivity contribution in [3.63, 3.8) is 0 Å². The molecule has 1 fully saturated rings. The van der Waals surface area contributed by atoms with Crippen molar-refractivity contribution in [1.82, 2.24) is 5.32 Å². The average Bonchev–Trinajstić information content (AvgIpc) is 3.02. The molecule has 0 radical (unpaired) electrons. The van der Waals surface area contributed by atoms with Crippen molar-refractivity contribution < 1.29 is 34.7 Å². The van der Waals surface area contributed by atoms with Crippen molar-refractivity contribution in [2.24, 2.45) is 0 Å². The first-order chi connectivity index (χ1) is 13.4. The highest BCUT2D eigenvalue weighted by molar-refractivity contribution is 5.95. The summed E-state index contributed by atoms with van der Waals surface area (Å²) < 4.78 is 11.1. The first-order valence-corrected chi connectivity index (χ1v) is 8.88. The topological polar surface area (TPSA) is 128 Å². The van der Waals surface area contributed by atoms with E-state index in [4.69, 9.17) is 9.47 Å². The van der Waals surface area contributed by atoms with E-state index < -0.39 is 36.8 Å². The van der Waals surface area contributed by atoms with Gasteiger partial charge in [-0.2, -0.15) is 0 Å². The second-order valence-electron chi connectivity index (χ2n) is 6.94. The molecule has 0 spiro atoms. The van der Waals surface area contributed by atoms with Gasteiger partial charge in [0.15, 0.2) is 5.60 Å². The third-order valence-corrected chi connectivity index (χ3v) is 5.32. The van der Waals surface area contributed by atoms with Crippen LogP contribution in [0.3, 0.4) is 0 Å². The van der Waals surface area contributed by atoms with Gasteiger partial charge in [-0.15, -0.1) is 0 Å². The number of carbonyl (C=O) groups excluding carboxylic acids is 1. The summed E-state index contributed by atoms with van der Waals surface area (Å²) in [5.74, 6) is 0.0860. The number of hydrogen-bond acceptors (Lipinski definition) is 7. The lowest BCUT2D eigenvalue weighted by Crippen LogP contribution is -2.64. The van der Waals surface area contributed by atoms with Crippen molar-refractivity contribution in [1.29, 1.82) is 0 Å². The number of aliphatic hydroxyl groups is 4. The molecular formula is C20H21NO7. The van der Waals surface area contributed by atoms with Gasteiger partial charge < -0.3 is 35.2 Å². The van der Waals surface area contributed by atoms with Crippen molar-refractivity contribution >= 4 is 5.91 Å². The highest BCUT2D eigenvalue weighted by atomic mass is 16.7. The van der Waals surface area contributed by atoms with E-state index >= 15 is 0 Å². The predicted octanol–water partition coefficient (Wildman–Crippen LogP) is -0.268. The van der Waals surface area contributed by atoms with E-state index in [1.807, 2.05) is 6.07 Å². The Morgan fingerprint density at radius 1 is 1.18 bits per heavy atom. The zero-order chi connectivity index (χ0) is 20.1. The van der Waals surface area contributed by atoms with E-state index in [1.54, 1.807) is 43.4 Å². The number of carbonyl (C=O) groups is 1. The van der Waals surface area contributed by atoms with Crippen molar-refractivity contribution in [3.8, 4) is 16.9 Å². The van der Waals surface area contributed by atoms with Gasteiger partial charge in [-0.05, 0) is 35.4 Å². The Balaban J connectivity index is 1.75. The Kier molecular flexibility index (Phi) is 4.60. The van der Waals surface area contributed by atoms with Gasteiger partial charge in [-0.1, -0.05) is 18.2 Å². The summed E-state index contributed by atoms with van der Waals surface area (Å²) in [5.41, 5.74) is 0.178. The summed E-state index contributed by atoms with van der Waals surface area (Å²) in [6.45, 7) is -0.526. The number of hydrogen-bond donors (Lipinski definition) is 5. The molecule has 0 bridgehead atoms. The van der Waals surface area contributed by atoms with Crippen LogP contribution in [-0.4, -0.2) is 64.6 Å². The zero-order valence-corrected chi connectivity index (χ0v) is 15.1. The summed E-state index contributed by atoms with van der Waals surface area (Å²) in [4.78, 5) is 11.9. The summed E-state index contributed by atoms with van der Waals surface area (Å²) in [6, 6.07) is 12.0. The maximum absolute atomic E-state index is 11.9. The lowest BCUT2D eigenvalue weighted by Gasteiger charge is -2.43. The molecule has 2 aliphatic rings. The van der Waals surface area contributed by atoms with E-state index in [2.05, 4.69) is 5.32 Å². The molecule has 0 saturated carbocycles. The molecule has 8 nitrogen and oxygen atoms in total. The molecule has 28 heavy (non-hydrogen) atoms. The molecule has 1 saturated heterocycles. The van der Waals surface area contributed by atoms with Gasteiger partial charge >= 0.3 is 0 Å². The fourth-order valence-electron chi connectivity index (χ4n) is 3.73. The molecule has 2 heterocycles. The first-order valence-electron chi connectivity index (χ1n) is 8.88. The second kappa shape index (κ2) is 6.84. The Labute approximate surface area is 161 Å². The number of nitrogens with one attached hydrogen (secondary N) is 1. The minimum absolute atomic E-state index is 0.223. The SMILES string of the molecule is CNC(=O)c1cccc(-c2ccc3c(c2)[C@@]2(O)[C@@H](O3)O[C@H](CO)[C@@H](O)[C@@H]2O)c1. The quantitative estimate of drug-likeness (QED) is 0.490. The summed E-state index contributed by atoms with van der Waals surface area (Å²) in [7, 11) is 1.55. The molecule has 0 aromatic heterocycles.